The zero-order chi connectivity index (χ0) is 12.1. The van der Waals surface area contributed by atoms with Gasteiger partial charge in [-0.25, -0.2) is 9.89 Å². The van der Waals surface area contributed by atoms with Gasteiger partial charge in [0.25, 0.3) is 0 Å². The van der Waals surface area contributed by atoms with Crippen molar-refractivity contribution in [2.24, 2.45) is 5.92 Å². The lowest BCUT2D eigenvalue weighted by molar-refractivity contribution is -0.145. The molecule has 0 fully saturated rings. The standard InChI is InChI=1S/C10H17N3O3/c1-4-16-9(14)7(5-6(2)3)8-11-10(15)13-12-8/h6-7H,4-5H2,1-3H3,(H2,11,12,13,15). The van der Waals surface area contributed by atoms with E-state index >= 15 is 0 Å². The van der Waals surface area contributed by atoms with Crippen LogP contribution in [0.2, 0.25) is 0 Å². The molecule has 16 heavy (non-hydrogen) atoms. The molecule has 1 heterocycles. The maximum atomic E-state index is 11.7. The summed E-state index contributed by atoms with van der Waals surface area (Å²) in [6.45, 7) is 6.06. The Hall–Kier alpha value is -1.59. The minimum Gasteiger partial charge on any atom is -0.465 e. The van der Waals surface area contributed by atoms with E-state index in [1.54, 1.807) is 6.92 Å². The third-order valence-electron chi connectivity index (χ3n) is 2.13. The fraction of sp³-hybridized carbons (Fsp3) is 0.700. The molecule has 0 aromatic carbocycles. The van der Waals surface area contributed by atoms with Gasteiger partial charge in [-0.05, 0) is 19.3 Å². The molecule has 1 unspecified atom stereocenters. The Morgan fingerprint density at radius 2 is 2.19 bits per heavy atom. The number of rotatable bonds is 5. The molecule has 0 aliphatic rings. The van der Waals surface area contributed by atoms with Gasteiger partial charge in [0, 0.05) is 0 Å². The molecule has 0 bridgehead atoms. The molecular formula is C10H17N3O3. The molecule has 2 N–H and O–H groups in total. The molecule has 0 saturated carbocycles. The van der Waals surface area contributed by atoms with Crippen molar-refractivity contribution in [2.75, 3.05) is 6.61 Å². The van der Waals surface area contributed by atoms with Crippen LogP contribution in [0.5, 0.6) is 0 Å². The molecule has 1 rings (SSSR count). The Bertz CT molecular complexity index is 394. The quantitative estimate of drug-likeness (QED) is 0.728. The van der Waals surface area contributed by atoms with Gasteiger partial charge in [-0.2, -0.15) is 5.10 Å². The second-order valence-electron chi connectivity index (χ2n) is 4.00. The van der Waals surface area contributed by atoms with E-state index in [2.05, 4.69) is 15.2 Å². The molecule has 6 heteroatoms. The predicted octanol–water partition coefficient (Wildman–Crippen LogP) is 0.791. The van der Waals surface area contributed by atoms with Gasteiger partial charge in [-0.1, -0.05) is 13.8 Å². The molecule has 6 nitrogen and oxygen atoms in total. The highest BCUT2D eigenvalue weighted by Gasteiger charge is 2.26. The van der Waals surface area contributed by atoms with Gasteiger partial charge >= 0.3 is 11.7 Å². The number of hydrogen-bond donors (Lipinski definition) is 2. The SMILES string of the molecule is CCOC(=O)C(CC(C)C)c1n[nH]c(=O)[nH]1. The van der Waals surface area contributed by atoms with Crippen molar-refractivity contribution in [3.05, 3.63) is 16.3 Å². The second kappa shape index (κ2) is 5.48. The number of aromatic amines is 2. The van der Waals surface area contributed by atoms with Gasteiger partial charge in [0.05, 0.1) is 6.61 Å². The summed E-state index contributed by atoms with van der Waals surface area (Å²) in [6.07, 6.45) is 0.597. The van der Waals surface area contributed by atoms with E-state index < -0.39 is 11.6 Å². The largest absolute Gasteiger partial charge is 0.465 e. The van der Waals surface area contributed by atoms with Crippen LogP contribution in [0.15, 0.2) is 4.79 Å². The lowest BCUT2D eigenvalue weighted by atomic mass is 9.96. The zero-order valence-corrected chi connectivity index (χ0v) is 9.74. The summed E-state index contributed by atoms with van der Waals surface area (Å²) >= 11 is 0. The van der Waals surface area contributed by atoms with Crippen molar-refractivity contribution in [3.8, 4) is 0 Å². The molecule has 0 aliphatic carbocycles. The Morgan fingerprint density at radius 1 is 1.50 bits per heavy atom. The average molecular weight is 227 g/mol. The third-order valence-corrected chi connectivity index (χ3v) is 2.13. The summed E-state index contributed by atoms with van der Waals surface area (Å²) in [5.41, 5.74) is -0.409. The number of aromatic nitrogens is 3. The number of hydrogen-bond acceptors (Lipinski definition) is 4. The number of esters is 1. The molecule has 1 aromatic rings. The topological polar surface area (TPSA) is 87.8 Å². The van der Waals surface area contributed by atoms with Gasteiger partial charge in [0.2, 0.25) is 0 Å². The van der Waals surface area contributed by atoms with E-state index in [0.29, 0.717) is 24.8 Å². The Balaban J connectivity index is 2.86. The maximum Gasteiger partial charge on any atom is 0.340 e. The first-order valence-corrected chi connectivity index (χ1v) is 5.35. The third kappa shape index (κ3) is 3.22. The van der Waals surface area contributed by atoms with Crippen molar-refractivity contribution in [1.82, 2.24) is 15.2 Å². The van der Waals surface area contributed by atoms with Gasteiger partial charge in [-0.15, -0.1) is 0 Å². The summed E-state index contributed by atoms with van der Waals surface area (Å²) in [6, 6.07) is 0. The highest BCUT2D eigenvalue weighted by atomic mass is 16.5. The smallest absolute Gasteiger partial charge is 0.340 e. The van der Waals surface area contributed by atoms with Crippen LogP contribution in [0, 0.1) is 5.92 Å². The first-order chi connectivity index (χ1) is 7.54. The van der Waals surface area contributed by atoms with E-state index in [1.807, 2.05) is 13.8 Å². The number of carbonyl (C=O) groups is 1. The van der Waals surface area contributed by atoms with Crippen LogP contribution in [0.1, 0.15) is 38.9 Å². The van der Waals surface area contributed by atoms with Crippen molar-refractivity contribution in [3.63, 3.8) is 0 Å². The molecule has 0 spiro atoms. The normalized spacial score (nSPS) is 12.8. The minimum absolute atomic E-state index is 0.314. The van der Waals surface area contributed by atoms with Crippen LogP contribution >= 0.6 is 0 Å². The minimum atomic E-state index is -0.501. The summed E-state index contributed by atoms with van der Waals surface area (Å²) in [7, 11) is 0. The van der Waals surface area contributed by atoms with Crippen LogP contribution in [0.4, 0.5) is 0 Å². The van der Waals surface area contributed by atoms with Gasteiger partial charge in [0.15, 0.2) is 0 Å². The van der Waals surface area contributed by atoms with Crippen LogP contribution in [-0.4, -0.2) is 27.8 Å². The monoisotopic (exact) mass is 227 g/mol. The van der Waals surface area contributed by atoms with E-state index in [1.165, 1.54) is 0 Å². The van der Waals surface area contributed by atoms with Crippen molar-refractivity contribution < 1.29 is 9.53 Å². The van der Waals surface area contributed by atoms with Crippen molar-refractivity contribution >= 4 is 5.97 Å². The van der Waals surface area contributed by atoms with Crippen molar-refractivity contribution in [1.29, 1.82) is 0 Å². The summed E-state index contributed by atoms with van der Waals surface area (Å²) in [4.78, 5) is 25.1. The molecule has 90 valence electrons. The maximum absolute atomic E-state index is 11.7. The molecule has 0 amide bonds. The number of nitrogens with one attached hydrogen (secondary N) is 2. The average Bonchev–Trinajstić information content (AvgIpc) is 2.61. The molecule has 1 atom stereocenters. The Kier molecular flexibility index (Phi) is 4.28. The number of nitrogens with zero attached hydrogens (tertiary/aromatic N) is 1. The van der Waals surface area contributed by atoms with Gasteiger partial charge < -0.3 is 4.74 Å². The Morgan fingerprint density at radius 3 is 2.62 bits per heavy atom. The fourth-order valence-corrected chi connectivity index (χ4v) is 1.48. The highest BCUT2D eigenvalue weighted by molar-refractivity contribution is 5.76. The summed E-state index contributed by atoms with van der Waals surface area (Å²) in [5.74, 6) is -0.190. The van der Waals surface area contributed by atoms with Crippen molar-refractivity contribution in [2.45, 2.75) is 33.1 Å². The predicted molar refractivity (Wildman–Crippen MR) is 58.0 cm³/mol. The Labute approximate surface area is 93.4 Å². The fourth-order valence-electron chi connectivity index (χ4n) is 1.48. The number of carbonyl (C=O) groups excluding carboxylic acids is 1. The lowest BCUT2D eigenvalue weighted by Crippen LogP contribution is -2.19. The molecule has 0 radical (unpaired) electrons. The molecular weight excluding hydrogens is 210 g/mol. The highest BCUT2D eigenvalue weighted by Crippen LogP contribution is 2.21. The van der Waals surface area contributed by atoms with E-state index in [4.69, 9.17) is 4.74 Å². The van der Waals surface area contributed by atoms with Crippen LogP contribution < -0.4 is 5.69 Å². The van der Waals surface area contributed by atoms with E-state index in [-0.39, 0.29) is 5.97 Å². The molecule has 1 aromatic heterocycles. The molecule has 0 saturated heterocycles. The van der Waals surface area contributed by atoms with Crippen LogP contribution in [0.3, 0.4) is 0 Å². The first kappa shape index (κ1) is 12.5. The van der Waals surface area contributed by atoms with Crippen LogP contribution in [0.25, 0.3) is 0 Å². The number of H-pyrrole nitrogens is 2. The lowest BCUT2D eigenvalue weighted by Gasteiger charge is -2.14. The summed E-state index contributed by atoms with van der Waals surface area (Å²) < 4.78 is 4.95. The number of ether oxygens (including phenoxy) is 1. The van der Waals surface area contributed by atoms with E-state index in [9.17, 15) is 9.59 Å². The van der Waals surface area contributed by atoms with Gasteiger partial charge in [-0.3, -0.25) is 9.78 Å². The van der Waals surface area contributed by atoms with Gasteiger partial charge in [0.1, 0.15) is 11.7 Å². The van der Waals surface area contributed by atoms with E-state index in [0.717, 1.165) is 0 Å². The first-order valence-electron chi connectivity index (χ1n) is 5.35. The second-order valence-corrected chi connectivity index (χ2v) is 4.00. The summed E-state index contributed by atoms with van der Waals surface area (Å²) in [5, 5.41) is 6.03. The zero-order valence-electron chi connectivity index (χ0n) is 9.74. The van der Waals surface area contributed by atoms with Crippen LogP contribution in [-0.2, 0) is 9.53 Å². The molecule has 0 aliphatic heterocycles.